The molecule has 0 amide bonds. The number of hydrogen-bond donors (Lipinski definition) is 2. The van der Waals surface area contributed by atoms with Crippen LogP contribution in [0.25, 0.3) is 0 Å². The van der Waals surface area contributed by atoms with Crippen molar-refractivity contribution >= 4 is 35.6 Å². The molecule has 1 fully saturated rings. The molecule has 3 N–H and O–H groups in total. The summed E-state index contributed by atoms with van der Waals surface area (Å²) in [6.45, 7) is 2.10. The van der Waals surface area contributed by atoms with E-state index in [4.69, 9.17) is 5.73 Å². The average molecular weight is 415 g/mol. The molecule has 2 atom stereocenters. The van der Waals surface area contributed by atoms with Gasteiger partial charge in [0, 0.05) is 5.69 Å². The maximum Gasteiger partial charge on any atom is 0.573 e. The summed E-state index contributed by atoms with van der Waals surface area (Å²) in [4.78, 5) is 4.29. The summed E-state index contributed by atoms with van der Waals surface area (Å²) >= 11 is 0. The molecule has 1 aromatic rings. The second-order valence-corrected chi connectivity index (χ2v) is 4.68. The SMILES string of the molecule is CC[C@@H]1C[C@H]1N=C(N)Nc1ccc(OC(F)(F)F)cc1.I. The van der Waals surface area contributed by atoms with Crippen molar-refractivity contribution in [2.24, 2.45) is 16.6 Å². The van der Waals surface area contributed by atoms with Crippen molar-refractivity contribution in [2.75, 3.05) is 5.32 Å². The Balaban J connectivity index is 0.00000220. The highest BCUT2D eigenvalue weighted by Gasteiger charge is 2.35. The van der Waals surface area contributed by atoms with Crippen LogP contribution in [0.2, 0.25) is 0 Å². The number of halogens is 4. The number of anilines is 1. The van der Waals surface area contributed by atoms with Crippen molar-refractivity contribution in [3.63, 3.8) is 0 Å². The maximum absolute atomic E-state index is 12.0. The highest BCUT2D eigenvalue weighted by atomic mass is 127. The zero-order valence-corrected chi connectivity index (χ0v) is 13.7. The molecule has 4 nitrogen and oxygen atoms in total. The third-order valence-electron chi connectivity index (χ3n) is 3.07. The van der Waals surface area contributed by atoms with E-state index in [1.54, 1.807) is 0 Å². The summed E-state index contributed by atoms with van der Waals surface area (Å²) < 4.78 is 39.8. The monoisotopic (exact) mass is 415 g/mol. The van der Waals surface area contributed by atoms with E-state index in [-0.39, 0.29) is 41.7 Å². The molecule has 0 spiro atoms. The zero-order valence-electron chi connectivity index (χ0n) is 11.4. The largest absolute Gasteiger partial charge is 0.573 e. The van der Waals surface area contributed by atoms with Gasteiger partial charge >= 0.3 is 6.36 Å². The van der Waals surface area contributed by atoms with Crippen molar-refractivity contribution in [1.82, 2.24) is 0 Å². The van der Waals surface area contributed by atoms with Gasteiger partial charge in [-0.25, -0.2) is 4.99 Å². The Hall–Kier alpha value is -1.19. The lowest BCUT2D eigenvalue weighted by Gasteiger charge is -2.10. The van der Waals surface area contributed by atoms with Crippen LogP contribution in [0.5, 0.6) is 5.75 Å². The molecule has 0 unspecified atom stereocenters. The fourth-order valence-corrected chi connectivity index (χ4v) is 1.93. The minimum atomic E-state index is -4.68. The first-order chi connectivity index (χ1) is 9.37. The van der Waals surface area contributed by atoms with Gasteiger partial charge in [0.05, 0.1) is 6.04 Å². The number of hydrogen-bond acceptors (Lipinski definition) is 2. The van der Waals surface area contributed by atoms with Gasteiger partial charge in [-0.3, -0.25) is 0 Å². The predicted molar refractivity (Wildman–Crippen MR) is 86.0 cm³/mol. The van der Waals surface area contributed by atoms with Crippen molar-refractivity contribution in [2.45, 2.75) is 32.2 Å². The zero-order chi connectivity index (χ0) is 14.8. The normalized spacial score (nSPS) is 21.4. The second-order valence-electron chi connectivity index (χ2n) is 4.68. The fraction of sp³-hybridized carbons (Fsp3) is 0.462. The van der Waals surface area contributed by atoms with Crippen LogP contribution in [0, 0.1) is 5.92 Å². The molecule has 0 radical (unpaired) electrons. The van der Waals surface area contributed by atoms with Crippen molar-refractivity contribution in [3.05, 3.63) is 24.3 Å². The van der Waals surface area contributed by atoms with Gasteiger partial charge in [-0.1, -0.05) is 13.3 Å². The Morgan fingerprint density at radius 2 is 2.00 bits per heavy atom. The summed E-state index contributed by atoms with van der Waals surface area (Å²) in [5.41, 5.74) is 6.30. The molecule has 21 heavy (non-hydrogen) atoms. The molecular formula is C13H17F3IN3O. The molecule has 0 heterocycles. The van der Waals surface area contributed by atoms with Crippen molar-refractivity contribution < 1.29 is 17.9 Å². The smallest absolute Gasteiger partial charge is 0.406 e. The highest BCUT2D eigenvalue weighted by molar-refractivity contribution is 14.0. The minimum absolute atomic E-state index is 0. The predicted octanol–water partition coefficient (Wildman–Crippen LogP) is 3.73. The van der Waals surface area contributed by atoms with Gasteiger partial charge in [-0.05, 0) is 36.6 Å². The van der Waals surface area contributed by atoms with E-state index < -0.39 is 6.36 Å². The van der Waals surface area contributed by atoms with Gasteiger partial charge in [-0.15, -0.1) is 37.1 Å². The lowest BCUT2D eigenvalue weighted by Crippen LogP contribution is -2.23. The molecule has 2 rings (SSSR count). The topological polar surface area (TPSA) is 59.6 Å². The maximum atomic E-state index is 12.0. The second kappa shape index (κ2) is 7.19. The number of nitrogens with two attached hydrogens (primary N) is 1. The van der Waals surface area contributed by atoms with Crippen LogP contribution in [-0.4, -0.2) is 18.4 Å². The first kappa shape index (κ1) is 17.9. The van der Waals surface area contributed by atoms with E-state index in [9.17, 15) is 13.2 Å². The first-order valence-corrected chi connectivity index (χ1v) is 6.33. The summed E-state index contributed by atoms with van der Waals surface area (Å²) in [5.74, 6) is 0.597. The van der Waals surface area contributed by atoms with Crippen LogP contribution in [0.1, 0.15) is 19.8 Å². The number of nitrogens with one attached hydrogen (secondary N) is 1. The van der Waals surface area contributed by atoms with Gasteiger partial charge in [0.25, 0.3) is 0 Å². The average Bonchev–Trinajstić information content (AvgIpc) is 3.08. The number of benzene rings is 1. The van der Waals surface area contributed by atoms with Crippen LogP contribution in [-0.2, 0) is 0 Å². The fourth-order valence-electron chi connectivity index (χ4n) is 1.93. The minimum Gasteiger partial charge on any atom is -0.406 e. The van der Waals surface area contributed by atoms with Crippen LogP contribution in [0.4, 0.5) is 18.9 Å². The summed E-state index contributed by atoms with van der Waals surface area (Å²) in [7, 11) is 0. The molecule has 0 bridgehead atoms. The molecular weight excluding hydrogens is 398 g/mol. The number of ether oxygens (including phenoxy) is 1. The summed E-state index contributed by atoms with van der Waals surface area (Å²) in [5, 5.41) is 2.84. The molecule has 1 aliphatic carbocycles. The van der Waals surface area contributed by atoms with E-state index >= 15 is 0 Å². The Morgan fingerprint density at radius 1 is 1.38 bits per heavy atom. The van der Waals surface area contributed by atoms with Gasteiger partial charge in [0.2, 0.25) is 0 Å². The molecule has 8 heteroatoms. The first-order valence-electron chi connectivity index (χ1n) is 6.33. The van der Waals surface area contributed by atoms with Crippen LogP contribution >= 0.6 is 24.0 Å². The standard InChI is InChI=1S/C13H16F3N3O.HI/c1-2-8-7-11(8)19-12(17)18-9-3-5-10(6-4-9)20-13(14,15)16;/h3-6,8,11H,2,7H2,1H3,(H3,17,18,19);1H/t8-,11-;/m1./s1. The molecule has 0 aromatic heterocycles. The van der Waals surface area contributed by atoms with E-state index in [0.717, 1.165) is 12.8 Å². The summed E-state index contributed by atoms with van der Waals surface area (Å²) in [6.07, 6.45) is -2.57. The molecule has 1 saturated carbocycles. The van der Waals surface area contributed by atoms with Gasteiger partial charge in [-0.2, -0.15) is 0 Å². The quantitative estimate of drug-likeness (QED) is 0.448. The van der Waals surface area contributed by atoms with Gasteiger partial charge in [0.15, 0.2) is 5.96 Å². The lowest BCUT2D eigenvalue weighted by atomic mass is 10.3. The van der Waals surface area contributed by atoms with E-state index in [1.165, 1.54) is 24.3 Å². The third kappa shape index (κ3) is 5.98. The Morgan fingerprint density at radius 3 is 2.48 bits per heavy atom. The van der Waals surface area contributed by atoms with Crippen molar-refractivity contribution in [1.29, 1.82) is 0 Å². The Bertz CT molecular complexity index is 490. The number of nitrogens with zero attached hydrogens (tertiary/aromatic N) is 1. The van der Waals surface area contributed by atoms with Crippen molar-refractivity contribution in [3.8, 4) is 5.75 Å². The van der Waals surface area contributed by atoms with E-state index in [0.29, 0.717) is 11.6 Å². The molecule has 0 aliphatic heterocycles. The van der Waals surface area contributed by atoms with E-state index in [1.807, 2.05) is 0 Å². The summed E-state index contributed by atoms with van der Waals surface area (Å²) in [6, 6.07) is 5.60. The number of guanidine groups is 1. The highest BCUT2D eigenvalue weighted by Crippen LogP contribution is 2.36. The number of rotatable bonds is 4. The molecule has 1 aliphatic rings. The molecule has 1 aromatic carbocycles. The Kier molecular flexibility index (Phi) is 6.11. The third-order valence-corrected chi connectivity index (χ3v) is 3.07. The Labute approximate surface area is 138 Å². The van der Waals surface area contributed by atoms with Gasteiger partial charge < -0.3 is 15.8 Å². The van der Waals surface area contributed by atoms with Crippen LogP contribution in [0.3, 0.4) is 0 Å². The lowest BCUT2D eigenvalue weighted by molar-refractivity contribution is -0.274. The molecule has 118 valence electrons. The van der Waals surface area contributed by atoms with E-state index in [2.05, 4.69) is 22.0 Å². The van der Waals surface area contributed by atoms with Gasteiger partial charge in [0.1, 0.15) is 5.75 Å². The molecule has 0 saturated heterocycles. The number of aliphatic imine (C=N–C) groups is 1. The number of alkyl halides is 3. The van der Waals surface area contributed by atoms with Crippen LogP contribution < -0.4 is 15.8 Å². The van der Waals surface area contributed by atoms with Crippen LogP contribution in [0.15, 0.2) is 29.3 Å².